The van der Waals surface area contributed by atoms with E-state index in [1.54, 1.807) is 0 Å². The Bertz CT molecular complexity index is 488. The first-order valence-corrected chi connectivity index (χ1v) is 8.59. The molecule has 3 aliphatic rings. The lowest BCUT2D eigenvalue weighted by molar-refractivity contribution is -0.176. The first-order valence-electron chi connectivity index (χ1n) is 7.06. The van der Waals surface area contributed by atoms with E-state index in [9.17, 15) is 9.59 Å². The fourth-order valence-electron chi connectivity index (χ4n) is 4.16. The lowest BCUT2D eigenvalue weighted by atomic mass is 9.56. The van der Waals surface area contributed by atoms with Gasteiger partial charge in [0.25, 0.3) is 0 Å². The van der Waals surface area contributed by atoms with Gasteiger partial charge in [-0.15, -0.1) is 0 Å². The molecule has 0 aromatic carbocycles. The van der Waals surface area contributed by atoms with Crippen LogP contribution in [0.4, 0.5) is 0 Å². The molecule has 3 fully saturated rings. The molecule has 2 heterocycles. The lowest BCUT2D eigenvalue weighted by Gasteiger charge is -2.52. The summed E-state index contributed by atoms with van der Waals surface area (Å²) in [7, 11) is 0. The molecule has 4 nitrogen and oxygen atoms in total. The van der Waals surface area contributed by atoms with Crippen LogP contribution in [-0.2, 0) is 19.1 Å². The van der Waals surface area contributed by atoms with Gasteiger partial charge in [0.15, 0.2) is 0 Å². The average molecular weight is 390 g/mol. The van der Waals surface area contributed by atoms with Crippen molar-refractivity contribution in [3.63, 3.8) is 0 Å². The number of halogens is 1. The van der Waals surface area contributed by atoms with E-state index in [0.29, 0.717) is 5.57 Å². The van der Waals surface area contributed by atoms with Crippen LogP contribution in [0.5, 0.6) is 0 Å². The van der Waals surface area contributed by atoms with E-state index in [4.69, 9.17) is 9.47 Å². The second-order valence-corrected chi connectivity index (χ2v) is 7.33. The Morgan fingerprint density at radius 3 is 2.75 bits per heavy atom. The van der Waals surface area contributed by atoms with Crippen molar-refractivity contribution in [3.05, 3.63) is 12.2 Å². The number of cyclic esters (lactones) is 1. The first kappa shape index (κ1) is 14.4. The first-order chi connectivity index (χ1) is 9.40. The van der Waals surface area contributed by atoms with E-state index >= 15 is 0 Å². The summed E-state index contributed by atoms with van der Waals surface area (Å²) < 4.78 is 11.9. The van der Waals surface area contributed by atoms with Crippen molar-refractivity contribution in [1.29, 1.82) is 0 Å². The number of alkyl halides is 1. The zero-order valence-electron chi connectivity index (χ0n) is 11.7. The highest BCUT2D eigenvalue weighted by Crippen LogP contribution is 2.56. The number of carbonyl (C=O) groups excluding carboxylic acids is 2. The molecule has 1 aliphatic carbocycles. The highest BCUT2D eigenvalue weighted by atomic mass is 127. The Labute approximate surface area is 132 Å². The van der Waals surface area contributed by atoms with Gasteiger partial charge in [0.05, 0.1) is 5.92 Å². The van der Waals surface area contributed by atoms with Gasteiger partial charge in [-0.25, -0.2) is 4.79 Å². The molecule has 0 amide bonds. The summed E-state index contributed by atoms with van der Waals surface area (Å²) in [4.78, 5) is 23.9. The summed E-state index contributed by atoms with van der Waals surface area (Å²) in [6.45, 7) is 8.01. The second kappa shape index (κ2) is 4.71. The molecule has 5 heteroatoms. The van der Waals surface area contributed by atoms with Crippen LogP contribution in [0.3, 0.4) is 0 Å². The van der Waals surface area contributed by atoms with Crippen LogP contribution in [0, 0.1) is 23.2 Å². The number of hydrogen-bond donors (Lipinski definition) is 0. The van der Waals surface area contributed by atoms with Crippen LogP contribution in [0.15, 0.2) is 12.2 Å². The van der Waals surface area contributed by atoms with Crippen LogP contribution in [0.1, 0.15) is 26.7 Å². The minimum absolute atomic E-state index is 0.0756. The molecule has 3 rings (SSSR count). The second-order valence-electron chi connectivity index (χ2n) is 6.45. The van der Waals surface area contributed by atoms with E-state index in [2.05, 4.69) is 36.1 Å². The highest BCUT2D eigenvalue weighted by Gasteiger charge is 2.61. The van der Waals surface area contributed by atoms with Crippen molar-refractivity contribution in [2.45, 2.75) is 38.9 Å². The molecular weight excluding hydrogens is 371 g/mol. The maximum Gasteiger partial charge on any atom is 0.334 e. The SMILES string of the molecule is C=C1C(=O)O[C@@H](CI)[C@]2(C)CC[C@@H]3[C@H](OC(=O)[C@H]3C)[C@@H]12. The molecule has 2 aliphatic heterocycles. The smallest absolute Gasteiger partial charge is 0.334 e. The van der Waals surface area contributed by atoms with Gasteiger partial charge in [-0.1, -0.05) is 43.0 Å². The molecule has 0 bridgehead atoms. The van der Waals surface area contributed by atoms with Gasteiger partial charge >= 0.3 is 11.9 Å². The molecule has 0 radical (unpaired) electrons. The van der Waals surface area contributed by atoms with Crippen molar-refractivity contribution < 1.29 is 19.1 Å². The Morgan fingerprint density at radius 2 is 2.10 bits per heavy atom. The van der Waals surface area contributed by atoms with Gasteiger partial charge in [0.1, 0.15) is 12.2 Å². The summed E-state index contributed by atoms with van der Waals surface area (Å²) in [5, 5.41) is 0. The van der Waals surface area contributed by atoms with Crippen molar-refractivity contribution in [2.75, 3.05) is 4.43 Å². The van der Waals surface area contributed by atoms with Gasteiger partial charge in [0.2, 0.25) is 0 Å². The number of ether oxygens (including phenoxy) is 2. The van der Waals surface area contributed by atoms with Crippen LogP contribution in [0.2, 0.25) is 0 Å². The minimum Gasteiger partial charge on any atom is -0.461 e. The highest BCUT2D eigenvalue weighted by molar-refractivity contribution is 14.1. The van der Waals surface area contributed by atoms with Gasteiger partial charge < -0.3 is 9.47 Å². The van der Waals surface area contributed by atoms with Gasteiger partial charge in [0, 0.05) is 27.3 Å². The minimum atomic E-state index is -0.328. The fraction of sp³-hybridized carbons (Fsp3) is 0.733. The molecule has 0 spiro atoms. The fourth-order valence-corrected chi connectivity index (χ4v) is 5.34. The molecule has 0 unspecified atom stereocenters. The number of esters is 2. The normalized spacial score (nSPS) is 47.4. The summed E-state index contributed by atoms with van der Waals surface area (Å²) in [5.41, 5.74) is 0.308. The van der Waals surface area contributed by atoms with Gasteiger partial charge in [-0.3, -0.25) is 4.79 Å². The Kier molecular flexibility index (Phi) is 3.38. The molecule has 2 saturated heterocycles. The Hall–Kier alpha value is -0.590. The zero-order chi connectivity index (χ0) is 14.7. The van der Waals surface area contributed by atoms with E-state index < -0.39 is 0 Å². The van der Waals surface area contributed by atoms with Crippen LogP contribution < -0.4 is 0 Å². The average Bonchev–Trinajstić information content (AvgIpc) is 2.69. The Morgan fingerprint density at radius 1 is 1.40 bits per heavy atom. The summed E-state index contributed by atoms with van der Waals surface area (Å²) in [6.07, 6.45) is 1.56. The number of hydrogen-bond acceptors (Lipinski definition) is 4. The third-order valence-corrected chi connectivity index (χ3v) is 6.31. The third kappa shape index (κ3) is 1.77. The largest absolute Gasteiger partial charge is 0.461 e. The van der Waals surface area contributed by atoms with Crippen LogP contribution in [-0.4, -0.2) is 28.6 Å². The van der Waals surface area contributed by atoms with Crippen molar-refractivity contribution in [2.24, 2.45) is 23.2 Å². The molecule has 0 aromatic heterocycles. The predicted octanol–water partition coefficient (Wildman–Crippen LogP) is 2.50. The predicted molar refractivity (Wildman–Crippen MR) is 81.3 cm³/mol. The number of rotatable bonds is 1. The molecule has 110 valence electrons. The van der Waals surface area contributed by atoms with E-state index in [1.807, 2.05) is 6.92 Å². The topological polar surface area (TPSA) is 52.6 Å². The maximum absolute atomic E-state index is 12.0. The summed E-state index contributed by atoms with van der Waals surface area (Å²) in [6, 6.07) is 0. The molecule has 6 atom stereocenters. The molecule has 20 heavy (non-hydrogen) atoms. The zero-order valence-corrected chi connectivity index (χ0v) is 13.9. The number of fused-ring (bicyclic) bond motifs is 3. The molecule has 0 aromatic rings. The van der Waals surface area contributed by atoms with Crippen LogP contribution in [0.25, 0.3) is 0 Å². The van der Waals surface area contributed by atoms with Crippen molar-refractivity contribution in [3.8, 4) is 0 Å². The van der Waals surface area contributed by atoms with Crippen molar-refractivity contribution >= 4 is 34.5 Å². The van der Waals surface area contributed by atoms with E-state index in [-0.39, 0.29) is 47.3 Å². The van der Waals surface area contributed by atoms with Gasteiger partial charge in [-0.05, 0) is 12.8 Å². The lowest BCUT2D eigenvalue weighted by Crippen LogP contribution is -2.57. The monoisotopic (exact) mass is 390 g/mol. The third-order valence-electron chi connectivity index (χ3n) is 5.51. The molecule has 0 N–H and O–H groups in total. The van der Waals surface area contributed by atoms with Gasteiger partial charge in [-0.2, -0.15) is 0 Å². The molecule has 1 saturated carbocycles. The molecular formula is C15H19IO4. The van der Waals surface area contributed by atoms with E-state index in [1.165, 1.54) is 0 Å². The standard InChI is InChI=1S/C15H19IO4/c1-7-9-4-5-15(3)10(6-16)19-14(18)8(2)11(15)12(9)20-13(7)17/h7,9-12H,2,4-6H2,1,3H3/t7-,9-,10-,11+,12-,15-/m0/s1. The number of carbonyl (C=O) groups is 2. The van der Waals surface area contributed by atoms with Crippen LogP contribution >= 0.6 is 22.6 Å². The summed E-state index contributed by atoms with van der Waals surface area (Å²) in [5.74, 6) is -0.435. The van der Waals surface area contributed by atoms with E-state index in [0.717, 1.165) is 17.3 Å². The Balaban J connectivity index is 2.02. The maximum atomic E-state index is 12.0. The quantitative estimate of drug-likeness (QED) is 0.299. The van der Waals surface area contributed by atoms with Crippen molar-refractivity contribution in [1.82, 2.24) is 0 Å². The summed E-state index contributed by atoms with van der Waals surface area (Å²) >= 11 is 2.26.